The molecule has 0 amide bonds. The molecule has 1 N–H and O–H groups in total. The zero-order valence-electron chi connectivity index (χ0n) is 18.4. The third-order valence-corrected chi connectivity index (χ3v) is 4.62. The maximum atomic E-state index is 4.32. The lowest BCUT2D eigenvalue weighted by Gasteiger charge is -2.17. The van der Waals surface area contributed by atoms with Crippen molar-refractivity contribution in [2.24, 2.45) is 7.05 Å². The summed E-state index contributed by atoms with van der Waals surface area (Å²) in [7, 11) is 2.13. The average Bonchev–Trinajstić information content (AvgIpc) is 2.97. The molecule has 2 heterocycles. The summed E-state index contributed by atoms with van der Waals surface area (Å²) in [6.45, 7) is 14.7. The molecule has 3 nitrogen and oxygen atoms in total. The Morgan fingerprint density at radius 2 is 1.89 bits per heavy atom. The Balaban J connectivity index is 0.00000176. The number of pyridine rings is 1. The second kappa shape index (κ2) is 11.4. The lowest BCUT2D eigenvalue weighted by atomic mass is 10.1. The molecule has 2 rings (SSSR count). The van der Waals surface area contributed by atoms with E-state index in [4.69, 9.17) is 0 Å². The van der Waals surface area contributed by atoms with Crippen LogP contribution in [-0.2, 0) is 7.05 Å². The quantitative estimate of drug-likeness (QED) is 0.598. The van der Waals surface area contributed by atoms with E-state index in [2.05, 4.69) is 86.0 Å². The number of aromatic nitrogens is 2. The van der Waals surface area contributed by atoms with Crippen LogP contribution in [0.15, 0.2) is 36.2 Å². The van der Waals surface area contributed by atoms with Crippen molar-refractivity contribution in [2.75, 3.05) is 0 Å². The minimum Gasteiger partial charge on any atom is -0.386 e. The standard InChI is InChI=1S/C22H31N3.C2H6/c1-7-10-18-15-22(19-11-12-23-16(4)13-19)25(6)21(18)14-17(5)24-20(8-2)9-3;1-2/h7,10-15,20,24H,8-9H2,1-6H3;1-2H3/b10-7?,17-14+;. The predicted octanol–water partition coefficient (Wildman–Crippen LogP) is 6.59. The predicted molar refractivity (Wildman–Crippen MR) is 121 cm³/mol. The number of allylic oxidation sites excluding steroid dienone is 2. The van der Waals surface area contributed by atoms with Crippen LogP contribution < -0.4 is 5.32 Å². The van der Waals surface area contributed by atoms with E-state index in [9.17, 15) is 0 Å². The Morgan fingerprint density at radius 1 is 1.22 bits per heavy atom. The molecule has 0 bridgehead atoms. The minimum absolute atomic E-state index is 0.531. The van der Waals surface area contributed by atoms with E-state index in [1.807, 2.05) is 27.0 Å². The first-order valence-electron chi connectivity index (χ1n) is 10.2. The van der Waals surface area contributed by atoms with E-state index >= 15 is 0 Å². The third-order valence-electron chi connectivity index (χ3n) is 4.62. The van der Waals surface area contributed by atoms with Crippen LogP contribution in [0.25, 0.3) is 23.4 Å². The van der Waals surface area contributed by atoms with Crippen LogP contribution in [0.3, 0.4) is 0 Å². The molecule has 2 aromatic rings. The highest BCUT2D eigenvalue weighted by atomic mass is 15.0. The molecule has 0 aliphatic heterocycles. The van der Waals surface area contributed by atoms with Crippen LogP contribution in [0.4, 0.5) is 0 Å². The summed E-state index contributed by atoms with van der Waals surface area (Å²) in [5.41, 5.74) is 7.11. The normalized spacial score (nSPS) is 11.7. The van der Waals surface area contributed by atoms with Gasteiger partial charge in [0.05, 0.1) is 0 Å². The second-order valence-electron chi connectivity index (χ2n) is 6.60. The zero-order valence-corrected chi connectivity index (χ0v) is 18.4. The lowest BCUT2D eigenvalue weighted by molar-refractivity contribution is 0.535. The average molecular weight is 368 g/mol. The number of aryl methyl sites for hydroxylation is 1. The number of nitrogens with one attached hydrogen (secondary N) is 1. The highest BCUT2D eigenvalue weighted by Gasteiger charge is 2.12. The summed E-state index contributed by atoms with van der Waals surface area (Å²) in [6.07, 6.45) is 10.7. The molecule has 0 aliphatic rings. The maximum absolute atomic E-state index is 4.32. The van der Waals surface area contributed by atoms with Crippen LogP contribution in [0, 0.1) is 6.92 Å². The smallest absolute Gasteiger partial charge is 0.0499 e. The number of hydrogen-bond acceptors (Lipinski definition) is 2. The van der Waals surface area contributed by atoms with Crippen molar-refractivity contribution in [3.8, 4) is 11.3 Å². The van der Waals surface area contributed by atoms with Gasteiger partial charge in [-0.15, -0.1) is 0 Å². The van der Waals surface area contributed by atoms with E-state index in [-0.39, 0.29) is 0 Å². The Bertz CT molecular complexity index is 762. The monoisotopic (exact) mass is 367 g/mol. The van der Waals surface area contributed by atoms with Gasteiger partial charge in [-0.3, -0.25) is 4.98 Å². The van der Waals surface area contributed by atoms with Gasteiger partial charge >= 0.3 is 0 Å². The first kappa shape index (κ1) is 22.8. The van der Waals surface area contributed by atoms with Crippen molar-refractivity contribution >= 4 is 12.2 Å². The fourth-order valence-electron chi connectivity index (χ4n) is 3.18. The van der Waals surface area contributed by atoms with Gasteiger partial charge in [-0.2, -0.15) is 0 Å². The summed E-state index contributed by atoms with van der Waals surface area (Å²) >= 11 is 0. The number of rotatable bonds is 7. The molecule has 27 heavy (non-hydrogen) atoms. The molecule has 0 fully saturated rings. The van der Waals surface area contributed by atoms with Gasteiger partial charge in [-0.05, 0) is 63.5 Å². The highest BCUT2D eigenvalue weighted by Crippen LogP contribution is 2.27. The molecule has 0 radical (unpaired) electrons. The molecular formula is C24H37N3. The molecule has 0 spiro atoms. The van der Waals surface area contributed by atoms with E-state index in [0.29, 0.717) is 6.04 Å². The molecule has 0 saturated heterocycles. The summed E-state index contributed by atoms with van der Waals surface area (Å²) in [5, 5.41) is 3.63. The Hall–Kier alpha value is -2.29. The largest absolute Gasteiger partial charge is 0.386 e. The number of nitrogens with zero attached hydrogens (tertiary/aromatic N) is 2. The molecule has 148 valence electrons. The molecule has 2 aromatic heterocycles. The van der Waals surface area contributed by atoms with Crippen LogP contribution in [0.5, 0.6) is 0 Å². The minimum atomic E-state index is 0.531. The molecule has 0 aromatic carbocycles. The Morgan fingerprint density at radius 3 is 2.44 bits per heavy atom. The third kappa shape index (κ3) is 6.13. The van der Waals surface area contributed by atoms with Crippen molar-refractivity contribution in [3.05, 3.63) is 53.1 Å². The highest BCUT2D eigenvalue weighted by molar-refractivity contribution is 5.73. The van der Waals surface area contributed by atoms with Crippen molar-refractivity contribution < 1.29 is 0 Å². The van der Waals surface area contributed by atoms with E-state index in [1.165, 1.54) is 28.2 Å². The molecule has 0 unspecified atom stereocenters. The topological polar surface area (TPSA) is 29.9 Å². The fourth-order valence-corrected chi connectivity index (χ4v) is 3.18. The second-order valence-corrected chi connectivity index (χ2v) is 6.60. The van der Waals surface area contributed by atoms with E-state index in [0.717, 1.165) is 18.5 Å². The van der Waals surface area contributed by atoms with Gasteiger partial charge in [0.2, 0.25) is 0 Å². The molecular weight excluding hydrogens is 330 g/mol. The van der Waals surface area contributed by atoms with Crippen LogP contribution in [0.1, 0.15) is 71.3 Å². The summed E-state index contributed by atoms with van der Waals surface area (Å²) < 4.78 is 2.27. The fraction of sp³-hybridized carbons (Fsp3) is 0.458. The van der Waals surface area contributed by atoms with Gasteiger partial charge < -0.3 is 9.88 Å². The first-order chi connectivity index (χ1) is 13.0. The van der Waals surface area contributed by atoms with Gasteiger partial charge in [0.25, 0.3) is 0 Å². The van der Waals surface area contributed by atoms with Gasteiger partial charge in [-0.25, -0.2) is 0 Å². The van der Waals surface area contributed by atoms with Crippen LogP contribution in [0.2, 0.25) is 0 Å². The van der Waals surface area contributed by atoms with E-state index in [1.54, 1.807) is 0 Å². The molecule has 0 saturated carbocycles. The van der Waals surface area contributed by atoms with Crippen molar-refractivity contribution in [2.45, 2.75) is 67.3 Å². The molecule has 0 aliphatic carbocycles. The van der Waals surface area contributed by atoms with Crippen molar-refractivity contribution in [3.63, 3.8) is 0 Å². The maximum Gasteiger partial charge on any atom is 0.0499 e. The van der Waals surface area contributed by atoms with Crippen LogP contribution in [-0.4, -0.2) is 15.6 Å². The van der Waals surface area contributed by atoms with Crippen molar-refractivity contribution in [1.29, 1.82) is 0 Å². The van der Waals surface area contributed by atoms with Gasteiger partial charge in [0.1, 0.15) is 0 Å². The van der Waals surface area contributed by atoms with Crippen LogP contribution >= 0.6 is 0 Å². The van der Waals surface area contributed by atoms with Crippen molar-refractivity contribution in [1.82, 2.24) is 14.9 Å². The summed E-state index contributed by atoms with van der Waals surface area (Å²) in [4.78, 5) is 4.32. The Labute approximate surface area is 166 Å². The summed E-state index contributed by atoms with van der Waals surface area (Å²) in [5.74, 6) is 0. The zero-order chi connectivity index (χ0) is 20.4. The lowest BCUT2D eigenvalue weighted by Crippen LogP contribution is -2.25. The molecule has 3 heteroatoms. The Kier molecular flexibility index (Phi) is 9.63. The summed E-state index contributed by atoms with van der Waals surface area (Å²) in [6, 6.07) is 7.00. The number of hydrogen-bond donors (Lipinski definition) is 1. The van der Waals surface area contributed by atoms with Gasteiger partial charge in [0, 0.05) is 47.6 Å². The molecule has 0 atom stereocenters. The van der Waals surface area contributed by atoms with E-state index < -0.39 is 0 Å². The first-order valence-corrected chi connectivity index (χ1v) is 10.2. The SMILES string of the molecule is CC.CC=Cc1cc(-c2ccnc(C)c2)n(C)c1/C=C(\C)NC(CC)CC. The van der Waals surface area contributed by atoms with Gasteiger partial charge in [0.15, 0.2) is 0 Å². The van der Waals surface area contributed by atoms with Gasteiger partial charge in [-0.1, -0.05) is 39.8 Å².